The Morgan fingerprint density at radius 1 is 1.12 bits per heavy atom. The van der Waals surface area contributed by atoms with Gasteiger partial charge in [0.2, 0.25) is 5.95 Å². The topological polar surface area (TPSA) is 161 Å². The number of hydrogen-bond donors (Lipinski definition) is 1. The third-order valence-corrected chi connectivity index (χ3v) is 5.21. The lowest BCUT2D eigenvalue weighted by Gasteiger charge is -2.29. The van der Waals surface area contributed by atoms with E-state index >= 15 is 0 Å². The van der Waals surface area contributed by atoms with Crippen LogP contribution in [0.5, 0.6) is 11.5 Å². The van der Waals surface area contributed by atoms with Crippen LogP contribution in [0.1, 0.15) is 22.0 Å². The maximum absolute atomic E-state index is 13.8. The van der Waals surface area contributed by atoms with Gasteiger partial charge in [0.15, 0.2) is 5.78 Å². The van der Waals surface area contributed by atoms with E-state index in [9.17, 15) is 19.7 Å². The molecule has 0 saturated heterocycles. The molecule has 3 aromatic rings. The number of nitro groups is 1. The second-order valence-corrected chi connectivity index (χ2v) is 7.00. The molecule has 0 saturated carbocycles. The van der Waals surface area contributed by atoms with Crippen molar-refractivity contribution in [1.29, 1.82) is 0 Å². The minimum Gasteiger partial charge on any atom is -0.497 e. The summed E-state index contributed by atoms with van der Waals surface area (Å²) >= 11 is 0. The third-order valence-electron chi connectivity index (χ3n) is 5.21. The van der Waals surface area contributed by atoms with Gasteiger partial charge in [-0.3, -0.25) is 14.9 Å². The second kappa shape index (κ2) is 8.97. The molecule has 1 aromatic heterocycles. The Bertz CT molecular complexity index is 1330. The molecule has 34 heavy (non-hydrogen) atoms. The van der Waals surface area contributed by atoms with Gasteiger partial charge in [-0.05, 0) is 22.6 Å². The molecule has 0 bridgehead atoms. The highest BCUT2D eigenvalue weighted by Crippen LogP contribution is 2.41. The molecule has 1 atom stereocenters. The highest BCUT2D eigenvalue weighted by molar-refractivity contribution is 6.15. The first kappa shape index (κ1) is 22.4. The van der Waals surface area contributed by atoms with Gasteiger partial charge in [-0.2, -0.15) is 4.68 Å². The lowest BCUT2D eigenvalue weighted by atomic mass is 9.88. The van der Waals surface area contributed by atoms with Crippen LogP contribution in [0.25, 0.3) is 0 Å². The Labute approximate surface area is 192 Å². The molecule has 0 aliphatic carbocycles. The van der Waals surface area contributed by atoms with Crippen molar-refractivity contribution in [1.82, 2.24) is 20.2 Å². The van der Waals surface area contributed by atoms with Crippen molar-refractivity contribution in [3.05, 3.63) is 75.0 Å². The summed E-state index contributed by atoms with van der Waals surface area (Å²) in [6.07, 6.45) is 0. The SMILES string of the molecule is COC(=O)C1=C(C(=O)c2cccc([N+](=O)[O-])c2)[C@H](c2ccc(OC)cc2OC)n2nnnc2N1. The monoisotopic (exact) mass is 466 g/mol. The zero-order valence-corrected chi connectivity index (χ0v) is 18.2. The Kier molecular flexibility index (Phi) is 5.91. The number of methoxy groups -OCH3 is 3. The number of esters is 1. The molecule has 13 nitrogen and oxygen atoms in total. The number of nitrogens with zero attached hydrogens (tertiary/aromatic N) is 5. The number of nitro benzene ring substituents is 1. The number of hydrogen-bond acceptors (Lipinski definition) is 11. The van der Waals surface area contributed by atoms with Crippen LogP contribution in [0.4, 0.5) is 11.6 Å². The number of non-ortho nitro benzene ring substituents is 1. The molecule has 0 spiro atoms. The molecule has 0 fully saturated rings. The van der Waals surface area contributed by atoms with Gasteiger partial charge < -0.3 is 19.5 Å². The summed E-state index contributed by atoms with van der Waals surface area (Å²) in [6, 6.07) is 9.05. The van der Waals surface area contributed by atoms with Crippen molar-refractivity contribution in [2.75, 3.05) is 26.6 Å². The summed E-state index contributed by atoms with van der Waals surface area (Å²) in [4.78, 5) is 37.1. The Morgan fingerprint density at radius 2 is 1.91 bits per heavy atom. The van der Waals surface area contributed by atoms with Crippen molar-refractivity contribution >= 4 is 23.4 Å². The molecule has 1 aliphatic heterocycles. The zero-order chi connectivity index (χ0) is 24.4. The standard InChI is InChI=1S/C21H18N6O7/c1-32-13-7-8-14(15(10-13)33-2)18-16(19(28)11-5-4-6-12(9-11)27(30)31)17(20(29)34-3)22-21-23-24-25-26(18)21/h4-10,18H,1-3H3,(H,22,23,25)/t18-/m0/s1. The van der Waals surface area contributed by atoms with Gasteiger partial charge in [0.1, 0.15) is 23.2 Å². The van der Waals surface area contributed by atoms with E-state index in [0.717, 1.165) is 13.2 Å². The van der Waals surface area contributed by atoms with Gasteiger partial charge >= 0.3 is 5.97 Å². The van der Waals surface area contributed by atoms with Crippen LogP contribution in [0.2, 0.25) is 0 Å². The fourth-order valence-electron chi connectivity index (χ4n) is 3.64. The third kappa shape index (κ3) is 3.79. The smallest absolute Gasteiger partial charge is 0.355 e. The summed E-state index contributed by atoms with van der Waals surface area (Å²) in [5, 5.41) is 25.5. The summed E-state index contributed by atoms with van der Waals surface area (Å²) in [5.74, 6) is -0.601. The number of carbonyl (C=O) groups is 2. The van der Waals surface area contributed by atoms with Gasteiger partial charge in [-0.15, -0.1) is 0 Å². The molecule has 2 heterocycles. The number of nitrogens with one attached hydrogen (secondary N) is 1. The fraction of sp³-hybridized carbons (Fsp3) is 0.190. The largest absolute Gasteiger partial charge is 0.497 e. The molecule has 174 valence electrons. The summed E-state index contributed by atoms with van der Waals surface area (Å²) in [5.41, 5.74) is -0.147. The van der Waals surface area contributed by atoms with Crippen molar-refractivity contribution < 1.29 is 28.7 Å². The lowest BCUT2D eigenvalue weighted by molar-refractivity contribution is -0.384. The van der Waals surface area contributed by atoms with Crippen molar-refractivity contribution in [3.8, 4) is 11.5 Å². The summed E-state index contributed by atoms with van der Waals surface area (Å²) < 4.78 is 17.0. The van der Waals surface area contributed by atoms with Crippen LogP contribution in [-0.2, 0) is 9.53 Å². The number of rotatable bonds is 7. The first-order valence-electron chi connectivity index (χ1n) is 9.78. The van der Waals surface area contributed by atoms with E-state index in [-0.39, 0.29) is 28.5 Å². The van der Waals surface area contributed by atoms with Gasteiger partial charge in [0, 0.05) is 29.3 Å². The maximum atomic E-state index is 13.8. The molecule has 2 aromatic carbocycles. The molecule has 13 heteroatoms. The zero-order valence-electron chi connectivity index (χ0n) is 18.2. The van der Waals surface area contributed by atoms with Crippen LogP contribution < -0.4 is 14.8 Å². The van der Waals surface area contributed by atoms with Crippen molar-refractivity contribution in [3.63, 3.8) is 0 Å². The minimum absolute atomic E-state index is 0.0126. The van der Waals surface area contributed by atoms with Crippen LogP contribution >= 0.6 is 0 Å². The number of benzene rings is 2. The number of aromatic nitrogens is 4. The normalized spacial score (nSPS) is 14.6. The number of fused-ring (bicyclic) bond motifs is 1. The average Bonchev–Trinajstić information content (AvgIpc) is 3.34. The van der Waals surface area contributed by atoms with E-state index in [4.69, 9.17) is 14.2 Å². The first-order valence-corrected chi connectivity index (χ1v) is 9.78. The Morgan fingerprint density at radius 3 is 2.59 bits per heavy atom. The highest BCUT2D eigenvalue weighted by atomic mass is 16.6. The Balaban J connectivity index is 1.98. The van der Waals surface area contributed by atoms with Crippen LogP contribution in [-0.4, -0.2) is 58.2 Å². The molecule has 0 amide bonds. The summed E-state index contributed by atoms with van der Waals surface area (Å²) in [6.45, 7) is 0. The van der Waals surface area contributed by atoms with Gasteiger partial charge in [0.25, 0.3) is 5.69 Å². The maximum Gasteiger partial charge on any atom is 0.355 e. The average molecular weight is 466 g/mol. The van der Waals surface area contributed by atoms with Gasteiger partial charge in [0.05, 0.1) is 31.8 Å². The number of carbonyl (C=O) groups excluding carboxylic acids is 2. The molecule has 0 unspecified atom stereocenters. The van der Waals surface area contributed by atoms with E-state index in [1.807, 2.05) is 0 Å². The highest BCUT2D eigenvalue weighted by Gasteiger charge is 2.40. The molecule has 4 rings (SSSR count). The van der Waals surface area contributed by atoms with E-state index in [2.05, 4.69) is 20.8 Å². The van der Waals surface area contributed by atoms with Gasteiger partial charge in [-0.1, -0.05) is 17.2 Å². The van der Waals surface area contributed by atoms with Crippen LogP contribution in [0.15, 0.2) is 53.7 Å². The van der Waals surface area contributed by atoms with Crippen LogP contribution in [0, 0.1) is 10.1 Å². The molecular formula is C21H18N6O7. The number of tetrazole rings is 1. The summed E-state index contributed by atoms with van der Waals surface area (Å²) in [7, 11) is 4.09. The van der Waals surface area contributed by atoms with Crippen molar-refractivity contribution in [2.45, 2.75) is 6.04 Å². The fourth-order valence-corrected chi connectivity index (χ4v) is 3.64. The molecule has 0 radical (unpaired) electrons. The predicted molar refractivity (Wildman–Crippen MR) is 116 cm³/mol. The quantitative estimate of drug-likeness (QED) is 0.234. The number of ketones is 1. The number of anilines is 1. The van der Waals surface area contributed by atoms with E-state index in [0.29, 0.717) is 17.1 Å². The first-order chi connectivity index (χ1) is 16.4. The number of Topliss-reactive ketones (excluding diaryl/α,β-unsaturated/α-hetero) is 1. The van der Waals surface area contributed by atoms with Crippen LogP contribution in [0.3, 0.4) is 0 Å². The van der Waals surface area contributed by atoms with E-state index in [1.165, 1.54) is 37.1 Å². The number of allylic oxidation sites excluding steroid dienone is 1. The van der Waals surface area contributed by atoms with Crippen molar-refractivity contribution in [2.24, 2.45) is 0 Å². The van der Waals surface area contributed by atoms with E-state index < -0.39 is 22.7 Å². The number of ether oxygens (including phenoxy) is 3. The van der Waals surface area contributed by atoms with Gasteiger partial charge in [-0.25, -0.2) is 4.79 Å². The predicted octanol–water partition coefficient (Wildman–Crippen LogP) is 1.92. The Hall–Kier alpha value is -4.81. The molecule has 1 N–H and O–H groups in total. The molecular weight excluding hydrogens is 448 g/mol. The molecule has 1 aliphatic rings. The van der Waals surface area contributed by atoms with E-state index in [1.54, 1.807) is 18.2 Å². The minimum atomic E-state index is -1.03. The lowest BCUT2D eigenvalue weighted by Crippen LogP contribution is -2.33. The second-order valence-electron chi connectivity index (χ2n) is 7.00.